The molecule has 5 nitrogen and oxygen atoms in total. The Kier molecular flexibility index (Phi) is 5.11. The third-order valence-electron chi connectivity index (χ3n) is 3.65. The highest BCUT2D eigenvalue weighted by molar-refractivity contribution is 5.82. The van der Waals surface area contributed by atoms with Crippen molar-refractivity contribution in [2.24, 2.45) is 0 Å². The number of hydrogen-bond acceptors (Lipinski definition) is 5. The Morgan fingerprint density at radius 1 is 1.45 bits per heavy atom. The van der Waals surface area contributed by atoms with Crippen LogP contribution in [0.25, 0.3) is 0 Å². The Labute approximate surface area is 119 Å². The van der Waals surface area contributed by atoms with E-state index in [1.165, 1.54) is 7.11 Å². The van der Waals surface area contributed by atoms with E-state index >= 15 is 0 Å². The van der Waals surface area contributed by atoms with E-state index in [1.54, 1.807) is 7.05 Å². The van der Waals surface area contributed by atoms with Crippen molar-refractivity contribution in [1.82, 2.24) is 5.32 Å². The van der Waals surface area contributed by atoms with Gasteiger partial charge in [0.15, 0.2) is 5.54 Å². The van der Waals surface area contributed by atoms with Gasteiger partial charge in [0.25, 0.3) is 0 Å². The minimum atomic E-state index is -0.987. The molecule has 0 bridgehead atoms. The second-order valence-corrected chi connectivity index (χ2v) is 4.81. The minimum Gasteiger partial charge on any atom is -0.467 e. The molecule has 0 aromatic heterocycles. The molecule has 2 atom stereocenters. The molecule has 1 aromatic rings. The van der Waals surface area contributed by atoms with Crippen LogP contribution in [0.15, 0.2) is 30.3 Å². The fourth-order valence-corrected chi connectivity index (χ4v) is 2.36. The summed E-state index contributed by atoms with van der Waals surface area (Å²) in [4.78, 5) is 12.3. The average Bonchev–Trinajstić information content (AvgIpc) is 3.02. The first-order chi connectivity index (χ1) is 9.73. The first-order valence-electron chi connectivity index (χ1n) is 6.75. The van der Waals surface area contributed by atoms with Crippen molar-refractivity contribution in [3.05, 3.63) is 35.9 Å². The molecule has 1 saturated heterocycles. The van der Waals surface area contributed by atoms with Gasteiger partial charge in [-0.3, -0.25) is 5.32 Å². The lowest BCUT2D eigenvalue weighted by Gasteiger charge is -2.31. The molecule has 110 valence electrons. The van der Waals surface area contributed by atoms with E-state index in [4.69, 9.17) is 14.2 Å². The molecule has 20 heavy (non-hydrogen) atoms. The van der Waals surface area contributed by atoms with Gasteiger partial charge in [-0.25, -0.2) is 4.79 Å². The van der Waals surface area contributed by atoms with E-state index in [0.717, 1.165) is 12.0 Å². The first-order valence-corrected chi connectivity index (χ1v) is 6.75. The van der Waals surface area contributed by atoms with Gasteiger partial charge in [-0.15, -0.1) is 0 Å². The van der Waals surface area contributed by atoms with E-state index in [2.05, 4.69) is 5.32 Å². The van der Waals surface area contributed by atoms with E-state index < -0.39 is 5.54 Å². The van der Waals surface area contributed by atoms with Crippen LogP contribution in [-0.2, 0) is 24.5 Å². The van der Waals surface area contributed by atoms with E-state index in [0.29, 0.717) is 13.2 Å². The maximum atomic E-state index is 12.3. The molecule has 2 rings (SSSR count). The molecule has 1 aliphatic rings. The predicted molar refractivity (Wildman–Crippen MR) is 74.4 cm³/mol. The van der Waals surface area contributed by atoms with Crippen LogP contribution < -0.4 is 5.32 Å². The quantitative estimate of drug-likeness (QED) is 0.790. The first kappa shape index (κ1) is 15.0. The summed E-state index contributed by atoms with van der Waals surface area (Å²) in [6.07, 6.45) is 0.895. The summed E-state index contributed by atoms with van der Waals surface area (Å²) >= 11 is 0. The molecule has 1 N–H and O–H groups in total. The molecule has 0 saturated carbocycles. The molecule has 1 aromatic carbocycles. The Bertz CT molecular complexity index is 431. The van der Waals surface area contributed by atoms with Crippen molar-refractivity contribution in [2.75, 3.05) is 34.0 Å². The Morgan fingerprint density at radius 3 is 2.75 bits per heavy atom. The third-order valence-corrected chi connectivity index (χ3v) is 3.65. The van der Waals surface area contributed by atoms with Gasteiger partial charge in [0.05, 0.1) is 26.4 Å². The van der Waals surface area contributed by atoms with Crippen molar-refractivity contribution in [1.29, 1.82) is 0 Å². The van der Waals surface area contributed by atoms with Gasteiger partial charge in [0.1, 0.15) is 0 Å². The molecular formula is C15H21NO4. The molecular weight excluding hydrogens is 258 g/mol. The summed E-state index contributed by atoms with van der Waals surface area (Å²) in [6, 6.07) is 9.48. The van der Waals surface area contributed by atoms with Crippen molar-refractivity contribution in [3.8, 4) is 0 Å². The maximum Gasteiger partial charge on any atom is 0.333 e. The standard InChI is InChI=1S/C15H21NO4/c1-16-15(14(17)18-2,12-6-4-3-5-7-12)11-20-13-8-9-19-10-13/h3-7,13,16H,8-11H2,1-2H3. The van der Waals surface area contributed by atoms with Gasteiger partial charge < -0.3 is 14.2 Å². The summed E-state index contributed by atoms with van der Waals surface area (Å²) in [7, 11) is 3.12. The van der Waals surface area contributed by atoms with Gasteiger partial charge in [0, 0.05) is 6.61 Å². The molecule has 1 heterocycles. The van der Waals surface area contributed by atoms with Crippen molar-refractivity contribution < 1.29 is 19.0 Å². The SMILES string of the molecule is CNC(COC1CCOC1)(C(=O)OC)c1ccccc1. The van der Waals surface area contributed by atoms with Gasteiger partial charge in [-0.1, -0.05) is 30.3 Å². The van der Waals surface area contributed by atoms with Crippen LogP contribution in [0.5, 0.6) is 0 Å². The van der Waals surface area contributed by atoms with Gasteiger partial charge in [-0.2, -0.15) is 0 Å². The van der Waals surface area contributed by atoms with E-state index in [-0.39, 0.29) is 18.7 Å². The predicted octanol–water partition coefficient (Wildman–Crippen LogP) is 1.08. The summed E-state index contributed by atoms with van der Waals surface area (Å²) in [5.41, 5.74) is -0.160. The van der Waals surface area contributed by atoms with Gasteiger partial charge >= 0.3 is 5.97 Å². The summed E-state index contributed by atoms with van der Waals surface area (Å²) in [5, 5.41) is 3.07. The highest BCUT2D eigenvalue weighted by Crippen LogP contribution is 2.24. The van der Waals surface area contributed by atoms with Gasteiger partial charge in [-0.05, 0) is 19.0 Å². The normalized spacial score (nSPS) is 21.4. The van der Waals surface area contributed by atoms with Crippen molar-refractivity contribution in [3.63, 3.8) is 0 Å². The lowest BCUT2D eigenvalue weighted by Crippen LogP contribution is -2.52. The number of ether oxygens (including phenoxy) is 3. The molecule has 1 fully saturated rings. The highest BCUT2D eigenvalue weighted by atomic mass is 16.6. The number of hydrogen-bond donors (Lipinski definition) is 1. The number of carbonyl (C=O) groups is 1. The zero-order valence-corrected chi connectivity index (χ0v) is 11.9. The molecule has 1 aliphatic heterocycles. The third kappa shape index (κ3) is 3.00. The Hall–Kier alpha value is -1.43. The minimum absolute atomic E-state index is 0.0380. The largest absolute Gasteiger partial charge is 0.467 e. The fourth-order valence-electron chi connectivity index (χ4n) is 2.36. The zero-order chi connectivity index (χ0) is 14.4. The molecule has 0 amide bonds. The Balaban J connectivity index is 2.20. The second-order valence-electron chi connectivity index (χ2n) is 4.81. The van der Waals surface area contributed by atoms with Crippen LogP contribution in [0.1, 0.15) is 12.0 Å². The maximum absolute atomic E-state index is 12.3. The topological polar surface area (TPSA) is 56.8 Å². The van der Waals surface area contributed by atoms with E-state index in [9.17, 15) is 4.79 Å². The van der Waals surface area contributed by atoms with E-state index in [1.807, 2.05) is 30.3 Å². The van der Waals surface area contributed by atoms with Crippen LogP contribution in [0, 0.1) is 0 Å². The van der Waals surface area contributed by atoms with Crippen LogP contribution in [0.3, 0.4) is 0 Å². The highest BCUT2D eigenvalue weighted by Gasteiger charge is 2.41. The number of benzene rings is 1. The molecule has 5 heteroatoms. The van der Waals surface area contributed by atoms with Crippen molar-refractivity contribution >= 4 is 5.97 Å². The molecule has 0 radical (unpaired) electrons. The van der Waals surface area contributed by atoms with Gasteiger partial charge in [0.2, 0.25) is 0 Å². The average molecular weight is 279 g/mol. The lowest BCUT2D eigenvalue weighted by molar-refractivity contribution is -0.153. The fraction of sp³-hybridized carbons (Fsp3) is 0.533. The summed E-state index contributed by atoms with van der Waals surface area (Å²) < 4.78 is 16.1. The number of esters is 1. The molecule has 0 aliphatic carbocycles. The monoisotopic (exact) mass is 279 g/mol. The summed E-state index contributed by atoms with van der Waals surface area (Å²) in [5.74, 6) is -0.356. The number of rotatable bonds is 6. The number of carbonyl (C=O) groups excluding carboxylic acids is 1. The van der Waals surface area contributed by atoms with Crippen LogP contribution >= 0.6 is 0 Å². The molecule has 0 spiro atoms. The zero-order valence-electron chi connectivity index (χ0n) is 11.9. The summed E-state index contributed by atoms with van der Waals surface area (Å²) in [6.45, 7) is 1.50. The molecule has 2 unspecified atom stereocenters. The smallest absolute Gasteiger partial charge is 0.333 e. The number of methoxy groups -OCH3 is 1. The van der Waals surface area contributed by atoms with Crippen molar-refractivity contribution in [2.45, 2.75) is 18.1 Å². The second kappa shape index (κ2) is 6.83. The van der Waals surface area contributed by atoms with Crippen LogP contribution in [0.2, 0.25) is 0 Å². The Morgan fingerprint density at radius 2 is 2.20 bits per heavy atom. The lowest BCUT2D eigenvalue weighted by atomic mass is 9.90. The van der Waals surface area contributed by atoms with Crippen LogP contribution in [-0.4, -0.2) is 46.1 Å². The number of nitrogens with one attached hydrogen (secondary N) is 1. The van der Waals surface area contributed by atoms with Crippen LogP contribution in [0.4, 0.5) is 0 Å². The number of likely N-dealkylation sites (N-methyl/N-ethyl adjacent to an activating group) is 1.